The van der Waals surface area contributed by atoms with Crippen LogP contribution in [0.2, 0.25) is 0 Å². The van der Waals surface area contributed by atoms with E-state index in [1.54, 1.807) is 6.07 Å². The molecule has 0 bridgehead atoms. The van der Waals surface area contributed by atoms with Crippen LogP contribution >= 0.6 is 0 Å². The molecule has 25 aromatic rings. The summed E-state index contributed by atoms with van der Waals surface area (Å²) in [4.78, 5) is 0. The number of nitrogens with zero attached hydrogens (tertiary/aromatic N) is 7. The number of rotatable bonds is 10. The first-order chi connectivity index (χ1) is 58.8. The van der Waals surface area contributed by atoms with Crippen LogP contribution in [0, 0.1) is 0 Å². The van der Waals surface area contributed by atoms with Crippen LogP contribution in [0.5, 0.6) is 0 Å². The highest BCUT2D eigenvalue weighted by Gasteiger charge is 2.39. The maximum Gasteiger partial charge on any atom is 0.416 e. The Hall–Kier alpha value is -15.7. The minimum absolute atomic E-state index is 0.369. The van der Waals surface area contributed by atoms with Gasteiger partial charge in [0.1, 0.15) is 0 Å². The van der Waals surface area contributed by atoms with Crippen molar-refractivity contribution in [2.45, 2.75) is 6.18 Å². The van der Waals surface area contributed by atoms with Gasteiger partial charge in [-0.25, -0.2) is 0 Å². The van der Waals surface area contributed by atoms with Gasteiger partial charge in [0, 0.05) is 92.3 Å². The molecule has 0 spiro atoms. The first kappa shape index (κ1) is 66.8. The molecule has 0 aliphatic carbocycles. The van der Waals surface area contributed by atoms with E-state index < -0.39 is 11.7 Å². The summed E-state index contributed by atoms with van der Waals surface area (Å²) >= 11 is 0. The van der Waals surface area contributed by atoms with Crippen molar-refractivity contribution in [1.29, 1.82) is 0 Å². The minimum Gasteiger partial charge on any atom is -0.309 e. The van der Waals surface area contributed by atoms with E-state index in [1.807, 2.05) is 6.07 Å². The fourth-order valence-corrected chi connectivity index (χ4v) is 20.2. The van der Waals surface area contributed by atoms with Gasteiger partial charge in [0.25, 0.3) is 0 Å². The Bertz CT molecular complexity index is 7930. The number of hydrogen-bond acceptors (Lipinski definition) is 0. The van der Waals surface area contributed by atoms with Crippen molar-refractivity contribution < 1.29 is 13.2 Å². The first-order valence-corrected chi connectivity index (χ1v) is 40.4. The summed E-state index contributed by atoms with van der Waals surface area (Å²) in [6.45, 7) is 0. The molecule has 25 rings (SSSR count). The Morgan fingerprint density at radius 3 is 0.639 bits per heavy atom. The molecule has 7 heterocycles. The monoisotopic (exact) mass is 1530 g/mol. The maximum atomic E-state index is 16.6. The third kappa shape index (κ3) is 9.68. The van der Waals surface area contributed by atoms with Crippen LogP contribution in [0.3, 0.4) is 0 Å². The summed E-state index contributed by atoms with van der Waals surface area (Å²) in [5, 5.41) is 14.6. The van der Waals surface area contributed by atoms with Crippen molar-refractivity contribution in [1.82, 2.24) is 32.0 Å². The van der Waals surface area contributed by atoms with Crippen LogP contribution in [-0.4, -0.2) is 32.0 Å². The van der Waals surface area contributed by atoms with Gasteiger partial charge in [-0.3, -0.25) is 0 Å². The Balaban J connectivity index is 0.930. The number of halogens is 3. The third-order valence-corrected chi connectivity index (χ3v) is 25.1. The molecule has 0 N–H and O–H groups in total. The van der Waals surface area contributed by atoms with Gasteiger partial charge in [-0.1, -0.05) is 255 Å². The maximum absolute atomic E-state index is 16.6. The average molecular weight is 1530 g/mol. The number of para-hydroxylation sites is 12. The van der Waals surface area contributed by atoms with Gasteiger partial charge < -0.3 is 32.0 Å². The summed E-state index contributed by atoms with van der Waals surface area (Å²) < 4.78 is 66.6. The van der Waals surface area contributed by atoms with Gasteiger partial charge in [0.05, 0.1) is 111 Å². The Morgan fingerprint density at radius 2 is 0.361 bits per heavy atom. The molecule has 0 aliphatic rings. The zero-order valence-electron chi connectivity index (χ0n) is 63.9. The van der Waals surface area contributed by atoms with Crippen molar-refractivity contribution in [2.75, 3.05) is 0 Å². The molecule has 0 saturated carbocycles. The molecule has 10 heteroatoms. The molecule has 7 aromatic heterocycles. The summed E-state index contributed by atoms with van der Waals surface area (Å²) in [5.74, 6) is 0. The van der Waals surface area contributed by atoms with Crippen LogP contribution in [-0.2, 0) is 6.18 Å². The van der Waals surface area contributed by atoms with E-state index in [1.165, 1.54) is 12.1 Å². The van der Waals surface area contributed by atoms with Gasteiger partial charge in [0.2, 0.25) is 0 Å². The highest BCUT2D eigenvalue weighted by atomic mass is 19.4. The number of aromatic nitrogens is 7. The van der Waals surface area contributed by atoms with Gasteiger partial charge in [-0.15, -0.1) is 0 Å². The zero-order valence-corrected chi connectivity index (χ0v) is 63.9. The SMILES string of the molecule is FC(F)(F)c1cccc(-c2c(-n3c4ccccc4c4ccccc43)c(-n3c4ccccc4c4ccccc43)c(-n3c4ccc(-c5ccc6c(c5)c5ccccc5n6-c5ccccc5)cc4c4cc(-c5ccc6c(c5)c5ccccc5n6-c5ccccc5)ccc43)c(-n3c4ccccc4c4ccccc43)c2-n2c3ccccc3c3ccccc32)c1. The Labute approximate surface area is 678 Å². The third-order valence-electron chi connectivity index (χ3n) is 25.1. The van der Waals surface area contributed by atoms with Gasteiger partial charge in [-0.2, -0.15) is 13.2 Å². The van der Waals surface area contributed by atoms with E-state index in [0.717, 1.165) is 203 Å². The highest BCUT2D eigenvalue weighted by Crippen LogP contribution is 2.56. The van der Waals surface area contributed by atoms with E-state index in [9.17, 15) is 0 Å². The molecule has 0 amide bonds. The summed E-state index contributed by atoms with van der Waals surface area (Å²) in [6.07, 6.45) is -4.75. The number of hydrogen-bond donors (Lipinski definition) is 0. The lowest BCUT2D eigenvalue weighted by Crippen LogP contribution is -2.18. The van der Waals surface area contributed by atoms with Gasteiger partial charge in [-0.05, 0) is 173 Å². The molecule has 18 aromatic carbocycles. The van der Waals surface area contributed by atoms with Crippen LogP contribution in [0.4, 0.5) is 13.2 Å². The molecule has 558 valence electrons. The second-order valence-corrected chi connectivity index (χ2v) is 31.3. The zero-order chi connectivity index (χ0) is 78.5. The summed E-state index contributed by atoms with van der Waals surface area (Å²) in [5.41, 5.74) is 23.4. The van der Waals surface area contributed by atoms with E-state index >= 15 is 13.2 Å². The van der Waals surface area contributed by atoms with Gasteiger partial charge in [0.15, 0.2) is 0 Å². The highest BCUT2D eigenvalue weighted by molar-refractivity contribution is 6.21. The average Bonchev–Trinajstić information content (AvgIpc) is 1.54. The molecule has 0 saturated heterocycles. The van der Waals surface area contributed by atoms with Crippen molar-refractivity contribution in [2.24, 2.45) is 0 Å². The van der Waals surface area contributed by atoms with E-state index in [4.69, 9.17) is 0 Å². The number of benzene rings is 18. The van der Waals surface area contributed by atoms with E-state index in [-0.39, 0.29) is 0 Å². The normalized spacial score (nSPS) is 12.3. The Kier molecular flexibility index (Phi) is 14.3. The second-order valence-electron chi connectivity index (χ2n) is 31.3. The molecule has 0 unspecified atom stereocenters. The van der Waals surface area contributed by atoms with Crippen LogP contribution < -0.4 is 0 Å². The molecule has 0 atom stereocenters. The summed E-state index contributed by atoms with van der Waals surface area (Å²) in [6, 6.07) is 141. The predicted molar refractivity (Wildman–Crippen MR) is 488 cm³/mol. The van der Waals surface area contributed by atoms with E-state index in [0.29, 0.717) is 22.5 Å². The fraction of sp³-hybridized carbons (Fsp3) is 0.00917. The lowest BCUT2D eigenvalue weighted by molar-refractivity contribution is -0.137. The number of alkyl halides is 3. The molecule has 0 radical (unpaired) electrons. The van der Waals surface area contributed by atoms with Crippen molar-refractivity contribution in [3.8, 4) is 73.2 Å². The lowest BCUT2D eigenvalue weighted by atomic mass is 9.93. The molecular formula is C109H66F3N7. The smallest absolute Gasteiger partial charge is 0.309 e. The van der Waals surface area contributed by atoms with Crippen LogP contribution in [0.1, 0.15) is 5.56 Å². The fourth-order valence-electron chi connectivity index (χ4n) is 20.2. The van der Waals surface area contributed by atoms with Crippen molar-refractivity contribution in [3.05, 3.63) is 406 Å². The summed E-state index contributed by atoms with van der Waals surface area (Å²) in [7, 11) is 0. The largest absolute Gasteiger partial charge is 0.416 e. The minimum atomic E-state index is -4.75. The van der Waals surface area contributed by atoms with Crippen molar-refractivity contribution in [3.63, 3.8) is 0 Å². The van der Waals surface area contributed by atoms with Gasteiger partial charge >= 0.3 is 6.18 Å². The van der Waals surface area contributed by atoms with Crippen molar-refractivity contribution >= 4 is 153 Å². The Morgan fingerprint density at radius 1 is 0.151 bits per heavy atom. The topological polar surface area (TPSA) is 34.5 Å². The predicted octanol–water partition coefficient (Wildman–Crippen LogP) is 29.4. The standard InChI is InChI=1S/C109H66F3N7/c110-109(111,112)72-29-27-28-71(62-72)103-104(115-91-46-19-7-34-75(91)76-35-8-20-47-92(76)115)106(117-95-50-23-11-38-79(95)80-39-12-24-51-96(80)117)108(107(118-97-52-25-13-40-81(97)82-41-14-26-53-98(82)118)105(103)116-93-48-21-9-36-77(93)78-37-10-22-49-94(78)116)119-101-60-56-69(67-54-58-99-85(63-67)83-42-15-17-44-89(83)113(99)73-30-3-1-4-31-73)65-87(101)88-66-70(57-61-102(88)119)68-55-59-100-86(64-68)84-43-16-18-45-90(84)114(100)74-32-5-2-6-33-74/h1-66H. The quantitative estimate of drug-likeness (QED) is 0.131. The molecule has 0 aliphatic heterocycles. The molecule has 0 fully saturated rings. The second kappa shape index (κ2) is 25.4. The lowest BCUT2D eigenvalue weighted by Gasteiger charge is -2.32. The molecular weight excluding hydrogens is 1460 g/mol. The molecule has 7 nitrogen and oxygen atoms in total. The number of fused-ring (bicyclic) bond motifs is 21. The van der Waals surface area contributed by atoms with E-state index in [2.05, 4.69) is 408 Å². The first-order valence-electron chi connectivity index (χ1n) is 40.4. The van der Waals surface area contributed by atoms with Crippen LogP contribution in [0.15, 0.2) is 400 Å². The molecule has 119 heavy (non-hydrogen) atoms. The van der Waals surface area contributed by atoms with Crippen LogP contribution in [0.25, 0.3) is 226 Å².